The first-order valence-electron chi connectivity index (χ1n) is 5.52. The highest BCUT2D eigenvalue weighted by Crippen LogP contribution is 2.17. The monoisotopic (exact) mass is 229 g/mol. The molecular formula is C14H15NO2. The average Bonchev–Trinajstić information content (AvgIpc) is 2.37. The molecule has 0 atom stereocenters. The predicted molar refractivity (Wildman–Crippen MR) is 69.8 cm³/mol. The predicted octanol–water partition coefficient (Wildman–Crippen LogP) is 3.19. The highest BCUT2D eigenvalue weighted by Gasteiger charge is 1.99. The molecule has 0 unspecified atom stereocenters. The third-order valence-electron chi connectivity index (χ3n) is 1.94. The van der Waals surface area contributed by atoms with E-state index in [1.165, 1.54) is 12.2 Å². The second-order valence-corrected chi connectivity index (χ2v) is 3.12. The van der Waals surface area contributed by atoms with Crippen LogP contribution >= 0.6 is 0 Å². The Bertz CT molecular complexity index is 450. The Morgan fingerprint density at radius 3 is 2.00 bits per heavy atom. The van der Waals surface area contributed by atoms with Gasteiger partial charge in [0, 0.05) is 0 Å². The standard InChI is InChI=1S/C12H9NO2.C2H6/c14-11-5-1-9(2-6-11)13-10-3-7-12(15)8-4-10;1-2/h1-8,14H;1-2H3. The van der Waals surface area contributed by atoms with Crippen molar-refractivity contribution in [3.8, 4) is 5.75 Å². The summed E-state index contributed by atoms with van der Waals surface area (Å²) in [5, 5.41) is 9.08. The molecule has 3 nitrogen and oxygen atoms in total. The summed E-state index contributed by atoms with van der Waals surface area (Å²) in [6.45, 7) is 4.00. The summed E-state index contributed by atoms with van der Waals surface area (Å²) in [6.07, 6.45) is 6.27. The van der Waals surface area contributed by atoms with E-state index < -0.39 is 0 Å². The van der Waals surface area contributed by atoms with Gasteiger partial charge in [0.1, 0.15) is 5.75 Å². The number of benzene rings is 1. The summed E-state index contributed by atoms with van der Waals surface area (Å²) in [5.41, 5.74) is 1.46. The Balaban J connectivity index is 0.000000686. The Kier molecular flexibility index (Phi) is 4.88. The number of phenolic OH excluding ortho intramolecular Hbond substituents is 1. The summed E-state index contributed by atoms with van der Waals surface area (Å²) in [7, 11) is 0. The van der Waals surface area contributed by atoms with E-state index in [0.29, 0.717) is 0 Å². The molecule has 1 aromatic carbocycles. The van der Waals surface area contributed by atoms with Crippen LogP contribution in [0.3, 0.4) is 0 Å². The number of aliphatic imine (C=N–C) groups is 1. The van der Waals surface area contributed by atoms with Gasteiger partial charge in [-0.15, -0.1) is 0 Å². The number of rotatable bonds is 1. The van der Waals surface area contributed by atoms with Crippen LogP contribution in [0.2, 0.25) is 0 Å². The van der Waals surface area contributed by atoms with E-state index in [0.717, 1.165) is 11.4 Å². The van der Waals surface area contributed by atoms with Gasteiger partial charge in [0.25, 0.3) is 0 Å². The Labute approximate surface area is 101 Å². The molecule has 0 saturated heterocycles. The van der Waals surface area contributed by atoms with Crippen molar-refractivity contribution in [1.82, 2.24) is 0 Å². The van der Waals surface area contributed by atoms with Crippen molar-refractivity contribution in [2.24, 2.45) is 4.99 Å². The van der Waals surface area contributed by atoms with Crippen molar-refractivity contribution in [2.75, 3.05) is 0 Å². The molecule has 0 aliphatic heterocycles. The van der Waals surface area contributed by atoms with E-state index in [1.807, 2.05) is 13.8 Å². The maximum absolute atomic E-state index is 10.8. The quantitative estimate of drug-likeness (QED) is 0.752. The fourth-order valence-electron chi connectivity index (χ4n) is 1.20. The summed E-state index contributed by atoms with van der Waals surface area (Å²) >= 11 is 0. The molecule has 1 aromatic rings. The van der Waals surface area contributed by atoms with Gasteiger partial charge in [-0.05, 0) is 48.6 Å². The molecule has 0 spiro atoms. The van der Waals surface area contributed by atoms with Crippen LogP contribution in [0.15, 0.2) is 53.6 Å². The van der Waals surface area contributed by atoms with Crippen LogP contribution in [0.4, 0.5) is 5.69 Å². The van der Waals surface area contributed by atoms with Crippen LogP contribution in [0.1, 0.15) is 13.8 Å². The van der Waals surface area contributed by atoms with Crippen LogP contribution in [0.5, 0.6) is 5.75 Å². The molecule has 0 amide bonds. The number of carbonyl (C=O) groups is 1. The Hall–Kier alpha value is -2.16. The van der Waals surface area contributed by atoms with Crippen molar-refractivity contribution in [2.45, 2.75) is 13.8 Å². The second-order valence-electron chi connectivity index (χ2n) is 3.12. The minimum Gasteiger partial charge on any atom is -0.508 e. The van der Waals surface area contributed by atoms with Gasteiger partial charge in [0.15, 0.2) is 5.78 Å². The van der Waals surface area contributed by atoms with E-state index in [2.05, 4.69) is 4.99 Å². The van der Waals surface area contributed by atoms with E-state index in [4.69, 9.17) is 5.11 Å². The first kappa shape index (κ1) is 12.9. The van der Waals surface area contributed by atoms with Gasteiger partial charge in [-0.25, -0.2) is 4.99 Å². The van der Waals surface area contributed by atoms with Crippen molar-refractivity contribution >= 4 is 17.2 Å². The lowest BCUT2D eigenvalue weighted by Gasteiger charge is -1.99. The molecule has 0 bridgehead atoms. The molecule has 1 aliphatic carbocycles. The zero-order valence-corrected chi connectivity index (χ0v) is 9.92. The molecule has 0 heterocycles. The molecule has 3 heteroatoms. The van der Waals surface area contributed by atoms with Crippen LogP contribution in [-0.2, 0) is 4.79 Å². The SMILES string of the molecule is CC.O=C1C=CC(=Nc2ccc(O)cc2)C=C1. The summed E-state index contributed by atoms with van der Waals surface area (Å²) in [6, 6.07) is 6.56. The lowest BCUT2D eigenvalue weighted by atomic mass is 10.1. The highest BCUT2D eigenvalue weighted by atomic mass is 16.3. The molecular weight excluding hydrogens is 214 g/mol. The van der Waals surface area contributed by atoms with Gasteiger partial charge < -0.3 is 5.11 Å². The minimum absolute atomic E-state index is 0.0281. The molecule has 88 valence electrons. The molecule has 0 radical (unpaired) electrons. The van der Waals surface area contributed by atoms with Crippen molar-refractivity contribution in [3.63, 3.8) is 0 Å². The van der Waals surface area contributed by atoms with E-state index in [-0.39, 0.29) is 11.5 Å². The Morgan fingerprint density at radius 1 is 0.941 bits per heavy atom. The fraction of sp³-hybridized carbons (Fsp3) is 0.143. The van der Waals surface area contributed by atoms with Crippen LogP contribution in [0.25, 0.3) is 0 Å². The molecule has 0 saturated carbocycles. The average molecular weight is 229 g/mol. The molecule has 2 rings (SSSR count). The lowest BCUT2D eigenvalue weighted by molar-refractivity contribution is -0.110. The smallest absolute Gasteiger partial charge is 0.178 e. The van der Waals surface area contributed by atoms with Gasteiger partial charge in [-0.3, -0.25) is 4.79 Å². The topological polar surface area (TPSA) is 49.7 Å². The van der Waals surface area contributed by atoms with Gasteiger partial charge in [0.05, 0.1) is 11.4 Å². The normalized spacial score (nSPS) is 13.1. The number of nitrogens with zero attached hydrogens (tertiary/aromatic N) is 1. The van der Waals surface area contributed by atoms with Gasteiger partial charge in [-0.1, -0.05) is 13.8 Å². The van der Waals surface area contributed by atoms with Gasteiger partial charge in [-0.2, -0.15) is 0 Å². The molecule has 1 aliphatic rings. The first-order valence-corrected chi connectivity index (χ1v) is 5.52. The number of phenols is 1. The number of carbonyl (C=O) groups excluding carboxylic acids is 1. The van der Waals surface area contributed by atoms with E-state index >= 15 is 0 Å². The van der Waals surface area contributed by atoms with Gasteiger partial charge in [0.2, 0.25) is 0 Å². The zero-order chi connectivity index (χ0) is 12.7. The molecule has 0 aromatic heterocycles. The largest absolute Gasteiger partial charge is 0.508 e. The molecule has 17 heavy (non-hydrogen) atoms. The number of ketones is 1. The summed E-state index contributed by atoms with van der Waals surface area (Å²) in [5.74, 6) is 0.184. The molecule has 0 fully saturated rings. The third-order valence-corrected chi connectivity index (χ3v) is 1.94. The van der Waals surface area contributed by atoms with Crippen LogP contribution < -0.4 is 0 Å². The third kappa shape index (κ3) is 4.07. The first-order chi connectivity index (χ1) is 8.24. The number of hydrogen-bond donors (Lipinski definition) is 1. The zero-order valence-electron chi connectivity index (χ0n) is 9.92. The second kappa shape index (κ2) is 6.43. The van der Waals surface area contributed by atoms with Crippen molar-refractivity contribution in [3.05, 3.63) is 48.6 Å². The van der Waals surface area contributed by atoms with Crippen molar-refractivity contribution in [1.29, 1.82) is 0 Å². The molecule has 1 N–H and O–H groups in total. The fourth-order valence-corrected chi connectivity index (χ4v) is 1.20. The number of allylic oxidation sites excluding steroid dienone is 4. The van der Waals surface area contributed by atoms with Gasteiger partial charge >= 0.3 is 0 Å². The minimum atomic E-state index is -0.0281. The highest BCUT2D eigenvalue weighted by molar-refractivity contribution is 6.17. The van der Waals surface area contributed by atoms with E-state index in [9.17, 15) is 4.79 Å². The van der Waals surface area contributed by atoms with E-state index in [1.54, 1.807) is 36.4 Å². The lowest BCUT2D eigenvalue weighted by Crippen LogP contribution is -1.98. The van der Waals surface area contributed by atoms with Crippen LogP contribution in [-0.4, -0.2) is 16.6 Å². The summed E-state index contributed by atoms with van der Waals surface area (Å²) in [4.78, 5) is 15.1. The maximum atomic E-state index is 10.8. The number of aromatic hydroxyl groups is 1. The van der Waals surface area contributed by atoms with Crippen LogP contribution in [0, 0.1) is 0 Å². The van der Waals surface area contributed by atoms with Crippen molar-refractivity contribution < 1.29 is 9.90 Å². The maximum Gasteiger partial charge on any atom is 0.178 e. The summed E-state index contributed by atoms with van der Waals surface area (Å²) < 4.78 is 0. The Morgan fingerprint density at radius 2 is 1.47 bits per heavy atom. The number of hydrogen-bond acceptors (Lipinski definition) is 3.